The Hall–Kier alpha value is -1.51. The fraction of sp³-hybridized carbons (Fsp3) is 0.417. The molecule has 0 amide bonds. The second-order valence-electron chi connectivity index (χ2n) is 4.46. The minimum Gasteiger partial charge on any atom is -0.399 e. The summed E-state index contributed by atoms with van der Waals surface area (Å²) >= 11 is 0. The third kappa shape index (κ3) is 1.48. The van der Waals surface area contributed by atoms with Gasteiger partial charge in [-0.25, -0.2) is 4.98 Å². The van der Waals surface area contributed by atoms with Crippen LogP contribution in [0.4, 0.5) is 5.69 Å². The number of rotatable bonds is 2. The molecule has 78 valence electrons. The molecule has 0 spiro atoms. The van der Waals surface area contributed by atoms with E-state index in [1.54, 1.807) is 0 Å². The number of nitrogens with zero attached hydrogens (tertiary/aromatic N) is 2. The summed E-state index contributed by atoms with van der Waals surface area (Å²) < 4.78 is 2.30. The van der Waals surface area contributed by atoms with E-state index in [0.717, 1.165) is 29.5 Å². The molecule has 0 aliphatic heterocycles. The van der Waals surface area contributed by atoms with Gasteiger partial charge in [-0.2, -0.15) is 0 Å². The molecule has 2 aromatic rings. The van der Waals surface area contributed by atoms with Crippen LogP contribution in [0.3, 0.4) is 0 Å². The van der Waals surface area contributed by atoms with E-state index in [0.29, 0.717) is 0 Å². The number of aryl methyl sites for hydroxylation is 1. The Morgan fingerprint density at radius 2 is 2.27 bits per heavy atom. The number of nitrogens with two attached hydrogens (primary N) is 1. The predicted molar refractivity (Wildman–Crippen MR) is 61.6 cm³/mol. The van der Waals surface area contributed by atoms with Crippen LogP contribution in [0.5, 0.6) is 0 Å². The van der Waals surface area contributed by atoms with Gasteiger partial charge in [-0.1, -0.05) is 0 Å². The number of fused-ring (bicyclic) bond motifs is 1. The molecule has 0 unspecified atom stereocenters. The van der Waals surface area contributed by atoms with Crippen molar-refractivity contribution >= 4 is 16.7 Å². The zero-order chi connectivity index (χ0) is 10.4. The van der Waals surface area contributed by atoms with Crippen molar-refractivity contribution < 1.29 is 0 Å². The maximum atomic E-state index is 5.81. The summed E-state index contributed by atoms with van der Waals surface area (Å²) in [6.45, 7) is 3.17. The SMILES string of the molecule is Cc1nc2ccc(N)cc2n1CC1CC1. The summed E-state index contributed by atoms with van der Waals surface area (Å²) in [5.41, 5.74) is 8.86. The molecular formula is C12H15N3. The Morgan fingerprint density at radius 3 is 3.00 bits per heavy atom. The van der Waals surface area contributed by atoms with E-state index in [-0.39, 0.29) is 0 Å². The summed E-state index contributed by atoms with van der Waals surface area (Å²) in [5, 5.41) is 0. The zero-order valence-corrected chi connectivity index (χ0v) is 8.90. The lowest BCUT2D eigenvalue weighted by Gasteiger charge is -2.05. The van der Waals surface area contributed by atoms with E-state index >= 15 is 0 Å². The monoisotopic (exact) mass is 201 g/mol. The smallest absolute Gasteiger partial charge is 0.106 e. The molecule has 3 rings (SSSR count). The van der Waals surface area contributed by atoms with E-state index < -0.39 is 0 Å². The van der Waals surface area contributed by atoms with Gasteiger partial charge >= 0.3 is 0 Å². The van der Waals surface area contributed by atoms with Crippen molar-refractivity contribution in [2.24, 2.45) is 5.92 Å². The van der Waals surface area contributed by atoms with Gasteiger partial charge in [0, 0.05) is 12.2 Å². The Labute approximate surface area is 88.9 Å². The minimum atomic E-state index is 0.819. The van der Waals surface area contributed by atoms with Crippen molar-refractivity contribution in [1.82, 2.24) is 9.55 Å². The zero-order valence-electron chi connectivity index (χ0n) is 8.90. The van der Waals surface area contributed by atoms with Gasteiger partial charge in [0.25, 0.3) is 0 Å². The van der Waals surface area contributed by atoms with Crippen LogP contribution in [0.2, 0.25) is 0 Å². The normalized spacial score (nSPS) is 16.1. The van der Waals surface area contributed by atoms with Crippen molar-refractivity contribution in [3.63, 3.8) is 0 Å². The number of benzene rings is 1. The highest BCUT2D eigenvalue weighted by Gasteiger charge is 2.23. The van der Waals surface area contributed by atoms with Gasteiger partial charge in [0.2, 0.25) is 0 Å². The van der Waals surface area contributed by atoms with Gasteiger partial charge in [-0.15, -0.1) is 0 Å². The molecule has 3 heteroatoms. The molecule has 1 saturated carbocycles. The molecule has 15 heavy (non-hydrogen) atoms. The van der Waals surface area contributed by atoms with E-state index in [1.165, 1.54) is 18.4 Å². The van der Waals surface area contributed by atoms with Crippen LogP contribution < -0.4 is 5.73 Å². The largest absolute Gasteiger partial charge is 0.399 e. The van der Waals surface area contributed by atoms with Gasteiger partial charge in [-0.05, 0) is 43.9 Å². The summed E-state index contributed by atoms with van der Waals surface area (Å²) in [4.78, 5) is 4.54. The first-order chi connectivity index (χ1) is 7.24. The lowest BCUT2D eigenvalue weighted by Crippen LogP contribution is -2.02. The minimum absolute atomic E-state index is 0.819. The van der Waals surface area contributed by atoms with Gasteiger partial charge in [0.05, 0.1) is 11.0 Å². The quantitative estimate of drug-likeness (QED) is 0.758. The van der Waals surface area contributed by atoms with Crippen LogP contribution in [0.25, 0.3) is 11.0 Å². The Morgan fingerprint density at radius 1 is 1.47 bits per heavy atom. The van der Waals surface area contributed by atoms with E-state index in [9.17, 15) is 0 Å². The molecule has 1 aromatic heterocycles. The average Bonchev–Trinajstić information content (AvgIpc) is 2.96. The molecule has 1 aliphatic carbocycles. The summed E-state index contributed by atoms with van der Waals surface area (Å²) in [6, 6.07) is 5.94. The van der Waals surface area contributed by atoms with Crippen molar-refractivity contribution in [1.29, 1.82) is 0 Å². The Kier molecular flexibility index (Phi) is 1.75. The molecule has 1 aliphatic rings. The Balaban J connectivity index is 2.15. The van der Waals surface area contributed by atoms with Crippen LogP contribution in [0.1, 0.15) is 18.7 Å². The first kappa shape index (κ1) is 8.77. The van der Waals surface area contributed by atoms with Crippen LogP contribution in [0.15, 0.2) is 18.2 Å². The molecular weight excluding hydrogens is 186 g/mol. The van der Waals surface area contributed by atoms with Crippen molar-refractivity contribution in [2.45, 2.75) is 26.3 Å². The summed E-state index contributed by atoms with van der Waals surface area (Å²) in [5.74, 6) is 1.96. The number of nitrogen functional groups attached to an aromatic ring is 1. The van der Waals surface area contributed by atoms with E-state index in [4.69, 9.17) is 5.73 Å². The molecule has 1 aromatic carbocycles. The molecule has 0 radical (unpaired) electrons. The van der Waals surface area contributed by atoms with Crippen molar-refractivity contribution in [2.75, 3.05) is 5.73 Å². The van der Waals surface area contributed by atoms with Crippen LogP contribution in [-0.4, -0.2) is 9.55 Å². The molecule has 0 atom stereocenters. The molecule has 1 fully saturated rings. The van der Waals surface area contributed by atoms with Crippen molar-refractivity contribution in [3.05, 3.63) is 24.0 Å². The lowest BCUT2D eigenvalue weighted by atomic mass is 10.2. The first-order valence-corrected chi connectivity index (χ1v) is 5.46. The Bertz CT molecular complexity index is 509. The molecule has 2 N–H and O–H groups in total. The third-order valence-corrected chi connectivity index (χ3v) is 3.10. The maximum absolute atomic E-state index is 5.81. The fourth-order valence-corrected chi connectivity index (χ4v) is 2.05. The molecule has 0 saturated heterocycles. The molecule has 1 heterocycles. The highest BCUT2D eigenvalue weighted by atomic mass is 15.1. The number of hydrogen-bond acceptors (Lipinski definition) is 2. The van der Waals surface area contributed by atoms with Gasteiger partial charge < -0.3 is 10.3 Å². The molecule has 0 bridgehead atoms. The summed E-state index contributed by atoms with van der Waals surface area (Å²) in [7, 11) is 0. The summed E-state index contributed by atoms with van der Waals surface area (Å²) in [6.07, 6.45) is 2.73. The number of imidazole rings is 1. The van der Waals surface area contributed by atoms with Crippen LogP contribution >= 0.6 is 0 Å². The molecule has 3 nitrogen and oxygen atoms in total. The van der Waals surface area contributed by atoms with E-state index in [2.05, 4.69) is 16.5 Å². The first-order valence-electron chi connectivity index (χ1n) is 5.46. The second kappa shape index (κ2) is 2.99. The van der Waals surface area contributed by atoms with E-state index in [1.807, 2.05) is 18.2 Å². The van der Waals surface area contributed by atoms with Gasteiger partial charge in [0.1, 0.15) is 5.82 Å². The topological polar surface area (TPSA) is 43.8 Å². The maximum Gasteiger partial charge on any atom is 0.106 e. The third-order valence-electron chi connectivity index (χ3n) is 3.10. The van der Waals surface area contributed by atoms with Gasteiger partial charge in [0.15, 0.2) is 0 Å². The number of anilines is 1. The predicted octanol–water partition coefficient (Wildman–Crippen LogP) is 2.34. The van der Waals surface area contributed by atoms with Gasteiger partial charge in [-0.3, -0.25) is 0 Å². The average molecular weight is 201 g/mol. The highest BCUT2D eigenvalue weighted by molar-refractivity contribution is 5.79. The van der Waals surface area contributed by atoms with Crippen molar-refractivity contribution in [3.8, 4) is 0 Å². The fourth-order valence-electron chi connectivity index (χ4n) is 2.05. The number of hydrogen-bond donors (Lipinski definition) is 1. The van der Waals surface area contributed by atoms with Crippen LogP contribution in [-0.2, 0) is 6.54 Å². The highest BCUT2D eigenvalue weighted by Crippen LogP contribution is 2.32. The number of aromatic nitrogens is 2. The standard InChI is InChI=1S/C12H15N3/c1-8-14-11-5-4-10(13)6-12(11)15(8)7-9-2-3-9/h4-6,9H,2-3,7,13H2,1H3. The second-order valence-corrected chi connectivity index (χ2v) is 4.46. The lowest BCUT2D eigenvalue weighted by molar-refractivity contribution is 0.626. The van der Waals surface area contributed by atoms with Crippen LogP contribution in [0, 0.1) is 12.8 Å².